The summed E-state index contributed by atoms with van der Waals surface area (Å²) >= 11 is 0. The highest BCUT2D eigenvalue weighted by atomic mass is 32.2. The van der Waals surface area contributed by atoms with Crippen molar-refractivity contribution in [1.29, 1.82) is 4.78 Å². The third-order valence-corrected chi connectivity index (χ3v) is 7.84. The zero-order valence-electron chi connectivity index (χ0n) is 19.9. The number of carbonyl (C=O) groups is 2. The van der Waals surface area contributed by atoms with Crippen molar-refractivity contribution in [1.82, 2.24) is 20.2 Å². The number of hydrogen-bond donors (Lipinski definition) is 4. The number of nitrogens with one attached hydrogen (secondary N) is 3. The van der Waals surface area contributed by atoms with Crippen LogP contribution >= 0.6 is 0 Å². The van der Waals surface area contributed by atoms with Crippen molar-refractivity contribution in [2.75, 3.05) is 17.7 Å². The minimum atomic E-state index is -3.02. The summed E-state index contributed by atoms with van der Waals surface area (Å²) in [6.45, 7) is 3.41. The largest absolute Gasteiger partial charge is 0.494 e. The van der Waals surface area contributed by atoms with Crippen LogP contribution in [-0.4, -0.2) is 48.5 Å². The van der Waals surface area contributed by atoms with Gasteiger partial charge in [0.1, 0.15) is 0 Å². The summed E-state index contributed by atoms with van der Waals surface area (Å²) in [7, 11) is -1.56. The van der Waals surface area contributed by atoms with Crippen molar-refractivity contribution in [3.8, 4) is 17.1 Å². The molecule has 12 nitrogen and oxygen atoms in total. The van der Waals surface area contributed by atoms with Gasteiger partial charge in [0.25, 0.3) is 5.91 Å². The molecule has 1 fully saturated rings. The summed E-state index contributed by atoms with van der Waals surface area (Å²) in [5.41, 5.74) is 6.55. The van der Waals surface area contributed by atoms with E-state index in [0.29, 0.717) is 22.8 Å². The second-order valence-electron chi connectivity index (χ2n) is 8.52. The van der Waals surface area contributed by atoms with Crippen molar-refractivity contribution in [3.63, 3.8) is 0 Å². The zero-order chi connectivity index (χ0) is 26.0. The summed E-state index contributed by atoms with van der Waals surface area (Å²) in [6.07, 6.45) is 4.41. The molecular weight excluding hydrogens is 484 g/mol. The topological polar surface area (TPSA) is 186 Å². The number of hydrogen-bond acceptors (Lipinski definition) is 10. The number of nitrogens with zero attached hydrogens (tertiary/aromatic N) is 4. The summed E-state index contributed by atoms with van der Waals surface area (Å²) in [6, 6.07) is 6.65. The molecule has 1 saturated carbocycles. The van der Waals surface area contributed by atoms with Crippen LogP contribution in [0.2, 0.25) is 0 Å². The van der Waals surface area contributed by atoms with Crippen LogP contribution in [-0.2, 0) is 14.5 Å². The first-order valence-corrected chi connectivity index (χ1v) is 12.8. The number of carbonyl (C=O) groups excluding carboxylic acids is 2. The highest BCUT2D eigenvalue weighted by Gasteiger charge is 2.30. The Kier molecular flexibility index (Phi) is 6.84. The fraction of sp³-hybridized carbons (Fsp3) is 0.304. The third-order valence-electron chi connectivity index (χ3n) is 5.60. The highest BCUT2D eigenvalue weighted by Crippen LogP contribution is 2.37. The smallest absolute Gasteiger partial charge is 0.271 e. The fourth-order valence-corrected chi connectivity index (χ4v) is 4.33. The van der Waals surface area contributed by atoms with E-state index in [-0.39, 0.29) is 39.2 Å². The number of ether oxygens (including phenoxy) is 1. The third kappa shape index (κ3) is 5.10. The number of nitrogens with two attached hydrogens (primary N) is 1. The van der Waals surface area contributed by atoms with E-state index in [1.54, 1.807) is 32.0 Å². The normalized spacial score (nSPS) is 14.7. The van der Waals surface area contributed by atoms with Gasteiger partial charge < -0.3 is 21.1 Å². The van der Waals surface area contributed by atoms with Gasteiger partial charge in [0.15, 0.2) is 23.1 Å². The Hall–Kier alpha value is -4.13. The van der Waals surface area contributed by atoms with Crippen LogP contribution in [0.5, 0.6) is 5.75 Å². The maximum atomic E-state index is 12.6. The Morgan fingerprint density at radius 3 is 2.44 bits per heavy atom. The molecule has 0 aliphatic heterocycles. The van der Waals surface area contributed by atoms with E-state index in [1.807, 2.05) is 0 Å². The van der Waals surface area contributed by atoms with Gasteiger partial charge in [0.05, 0.1) is 38.7 Å². The van der Waals surface area contributed by atoms with Crippen molar-refractivity contribution in [2.45, 2.75) is 36.8 Å². The zero-order valence-corrected chi connectivity index (χ0v) is 20.8. The van der Waals surface area contributed by atoms with E-state index >= 15 is 0 Å². The van der Waals surface area contributed by atoms with Crippen LogP contribution in [0.15, 0.2) is 41.6 Å². The van der Waals surface area contributed by atoms with Crippen LogP contribution in [0.4, 0.5) is 17.2 Å². The lowest BCUT2D eigenvalue weighted by atomic mass is 10.1. The van der Waals surface area contributed by atoms with E-state index in [0.717, 1.165) is 12.8 Å². The second-order valence-corrected chi connectivity index (χ2v) is 11.1. The molecule has 36 heavy (non-hydrogen) atoms. The minimum absolute atomic E-state index is 0.0360. The van der Waals surface area contributed by atoms with Crippen molar-refractivity contribution < 1.29 is 18.5 Å². The Balaban J connectivity index is 1.69. The van der Waals surface area contributed by atoms with Crippen LogP contribution in [0.3, 0.4) is 0 Å². The number of primary amides is 1. The molecule has 2 heterocycles. The summed E-state index contributed by atoms with van der Waals surface area (Å²) in [5, 5.41) is 13.2. The molecular formula is C23H26N8O4S. The molecule has 1 aliphatic rings. The SMILES string of the molecule is COc1c(Nc2cc(NC(=O)C3CC3)nnc2C(N)=O)cccc1-c1ncc(S(=N)(=O)C(C)C)cn1. The molecule has 188 valence electrons. The molecule has 5 N–H and O–H groups in total. The molecule has 0 saturated heterocycles. The average Bonchev–Trinajstić information content (AvgIpc) is 3.69. The first-order valence-electron chi connectivity index (χ1n) is 11.1. The number of methoxy groups -OCH3 is 1. The summed E-state index contributed by atoms with van der Waals surface area (Å²) < 4.78 is 26.3. The predicted octanol–water partition coefficient (Wildman–Crippen LogP) is 2.95. The van der Waals surface area contributed by atoms with Crippen molar-refractivity contribution >= 4 is 38.7 Å². The van der Waals surface area contributed by atoms with Gasteiger partial charge in [-0.1, -0.05) is 6.07 Å². The maximum Gasteiger partial charge on any atom is 0.271 e. The average molecular weight is 511 g/mol. The van der Waals surface area contributed by atoms with Gasteiger partial charge in [-0.25, -0.2) is 19.0 Å². The van der Waals surface area contributed by atoms with E-state index in [1.165, 1.54) is 25.6 Å². The van der Waals surface area contributed by atoms with Gasteiger partial charge in [-0.15, -0.1) is 10.2 Å². The Morgan fingerprint density at radius 2 is 1.86 bits per heavy atom. The molecule has 0 bridgehead atoms. The molecule has 1 aliphatic carbocycles. The van der Waals surface area contributed by atoms with Gasteiger partial charge >= 0.3 is 0 Å². The quantitative estimate of drug-likeness (QED) is 0.336. The number of para-hydroxylation sites is 1. The van der Waals surface area contributed by atoms with E-state index in [9.17, 15) is 13.8 Å². The standard InChI is InChI=1S/C23H26N8O4S/c1-12(2)36(25,34)14-10-26-22(27-11-14)15-5-4-6-16(20(15)35-3)28-17-9-18(29-23(33)13-7-8-13)30-31-19(17)21(24)32/h4-6,9-13,25H,7-8H2,1-3H3,(H2,24,32)(H2,28,29,30,33). The lowest BCUT2D eigenvalue weighted by molar-refractivity contribution is -0.117. The Morgan fingerprint density at radius 1 is 1.17 bits per heavy atom. The number of amides is 2. The van der Waals surface area contributed by atoms with Gasteiger partial charge in [-0.2, -0.15) is 0 Å². The van der Waals surface area contributed by atoms with Crippen LogP contribution in [0.1, 0.15) is 37.2 Å². The lowest BCUT2D eigenvalue weighted by Gasteiger charge is -2.16. The first-order chi connectivity index (χ1) is 17.1. The molecule has 2 amide bonds. The first kappa shape index (κ1) is 25.0. The Labute approximate surface area is 208 Å². The monoisotopic (exact) mass is 510 g/mol. The highest BCUT2D eigenvalue weighted by molar-refractivity contribution is 7.93. The molecule has 1 atom stereocenters. The van der Waals surface area contributed by atoms with Gasteiger partial charge in [0, 0.05) is 29.6 Å². The van der Waals surface area contributed by atoms with Crippen LogP contribution in [0, 0.1) is 10.7 Å². The number of benzene rings is 1. The molecule has 13 heteroatoms. The van der Waals surface area contributed by atoms with E-state index in [4.69, 9.17) is 15.3 Å². The van der Waals surface area contributed by atoms with Crippen LogP contribution < -0.4 is 21.1 Å². The predicted molar refractivity (Wildman–Crippen MR) is 133 cm³/mol. The van der Waals surface area contributed by atoms with E-state index < -0.39 is 15.6 Å². The van der Waals surface area contributed by atoms with Crippen molar-refractivity contribution in [3.05, 3.63) is 42.4 Å². The number of anilines is 3. The molecule has 3 aromatic rings. The maximum absolute atomic E-state index is 12.6. The fourth-order valence-electron chi connectivity index (χ4n) is 3.36. The van der Waals surface area contributed by atoms with E-state index in [2.05, 4.69) is 30.8 Å². The van der Waals surface area contributed by atoms with Crippen molar-refractivity contribution in [2.24, 2.45) is 11.7 Å². The van der Waals surface area contributed by atoms with Crippen LogP contribution in [0.25, 0.3) is 11.4 Å². The van der Waals surface area contributed by atoms with Gasteiger partial charge in [-0.05, 0) is 38.8 Å². The molecule has 1 aromatic carbocycles. The molecule has 0 spiro atoms. The molecule has 4 rings (SSSR count). The van der Waals surface area contributed by atoms with Gasteiger partial charge in [0.2, 0.25) is 5.91 Å². The molecule has 0 radical (unpaired) electrons. The Bertz CT molecular complexity index is 1420. The minimum Gasteiger partial charge on any atom is -0.494 e. The molecule has 2 aromatic heterocycles. The number of aromatic nitrogens is 4. The summed E-state index contributed by atoms with van der Waals surface area (Å²) in [5.74, 6) is -0.168. The second kappa shape index (κ2) is 9.85. The lowest BCUT2D eigenvalue weighted by Crippen LogP contribution is -2.19. The molecule has 1 unspecified atom stereocenters. The number of rotatable bonds is 9. The van der Waals surface area contributed by atoms with Gasteiger partial charge in [-0.3, -0.25) is 9.59 Å². The summed E-state index contributed by atoms with van der Waals surface area (Å²) in [4.78, 5) is 33.0.